The van der Waals surface area contributed by atoms with Gasteiger partial charge in [-0.2, -0.15) is 5.10 Å². The first kappa shape index (κ1) is 21.9. The van der Waals surface area contributed by atoms with E-state index in [2.05, 4.69) is 15.7 Å². The van der Waals surface area contributed by atoms with Gasteiger partial charge in [-0.3, -0.25) is 14.3 Å². The van der Waals surface area contributed by atoms with E-state index in [0.717, 1.165) is 11.3 Å². The highest BCUT2D eigenvalue weighted by Gasteiger charge is 2.13. The van der Waals surface area contributed by atoms with Crippen LogP contribution in [-0.2, 0) is 13.7 Å². The molecule has 0 radical (unpaired) electrons. The molecule has 2 N–H and O–H groups in total. The second-order valence-electron chi connectivity index (χ2n) is 7.66. The SMILES string of the molecule is Cc1ccc(OCc2ccc(C(=O)Nc3ccc(NC(=O)c4ccn(C)n4)cc3)o2)cc1C. The first-order valence-corrected chi connectivity index (χ1v) is 10.4. The van der Waals surface area contributed by atoms with Crippen molar-refractivity contribution in [2.45, 2.75) is 20.5 Å². The van der Waals surface area contributed by atoms with Gasteiger partial charge in [0.1, 0.15) is 18.1 Å². The topological polar surface area (TPSA) is 98.4 Å². The fraction of sp³-hybridized carbons (Fsp3) is 0.160. The Hall–Kier alpha value is -4.33. The molecule has 0 saturated carbocycles. The quantitative estimate of drug-likeness (QED) is 0.430. The number of anilines is 2. The van der Waals surface area contributed by atoms with Gasteiger partial charge in [-0.15, -0.1) is 0 Å². The number of rotatable bonds is 7. The molecule has 2 aromatic heterocycles. The lowest BCUT2D eigenvalue weighted by Crippen LogP contribution is -2.13. The summed E-state index contributed by atoms with van der Waals surface area (Å²) in [5.41, 5.74) is 3.83. The van der Waals surface area contributed by atoms with Gasteiger partial charge in [-0.25, -0.2) is 0 Å². The Kier molecular flexibility index (Phi) is 6.26. The number of hydrogen-bond donors (Lipinski definition) is 2. The summed E-state index contributed by atoms with van der Waals surface area (Å²) >= 11 is 0. The molecule has 2 heterocycles. The molecule has 4 rings (SSSR count). The molecule has 0 fully saturated rings. The van der Waals surface area contributed by atoms with Gasteiger partial charge in [0.15, 0.2) is 11.5 Å². The Morgan fingerprint density at radius 2 is 1.61 bits per heavy atom. The molecule has 2 aromatic carbocycles. The molecule has 8 nitrogen and oxygen atoms in total. The maximum atomic E-state index is 12.5. The highest BCUT2D eigenvalue weighted by molar-refractivity contribution is 6.04. The summed E-state index contributed by atoms with van der Waals surface area (Å²) in [6.45, 7) is 4.29. The number of aryl methyl sites for hydroxylation is 3. The van der Waals surface area contributed by atoms with E-state index in [4.69, 9.17) is 9.15 Å². The van der Waals surface area contributed by atoms with E-state index in [1.807, 2.05) is 32.0 Å². The van der Waals surface area contributed by atoms with Gasteiger partial charge in [0.2, 0.25) is 0 Å². The van der Waals surface area contributed by atoms with E-state index in [9.17, 15) is 9.59 Å². The van der Waals surface area contributed by atoms with Crippen LogP contribution >= 0.6 is 0 Å². The van der Waals surface area contributed by atoms with Crippen molar-refractivity contribution in [3.05, 3.63) is 95.2 Å². The number of carbonyl (C=O) groups is 2. The van der Waals surface area contributed by atoms with Crippen LogP contribution in [-0.4, -0.2) is 21.6 Å². The number of aromatic nitrogens is 2. The average molecular weight is 444 g/mol. The molecule has 168 valence electrons. The number of nitrogens with zero attached hydrogens (tertiary/aromatic N) is 2. The number of nitrogens with one attached hydrogen (secondary N) is 2. The van der Waals surface area contributed by atoms with Crippen molar-refractivity contribution >= 4 is 23.2 Å². The molecule has 0 aliphatic heterocycles. The number of amides is 2. The minimum absolute atomic E-state index is 0.182. The Labute approximate surface area is 191 Å². The van der Waals surface area contributed by atoms with E-state index >= 15 is 0 Å². The van der Waals surface area contributed by atoms with Crippen LogP contribution in [0.1, 0.15) is 37.9 Å². The zero-order valence-electron chi connectivity index (χ0n) is 18.6. The Morgan fingerprint density at radius 1 is 0.909 bits per heavy atom. The molecule has 0 atom stereocenters. The van der Waals surface area contributed by atoms with E-state index in [1.54, 1.807) is 60.4 Å². The molecule has 33 heavy (non-hydrogen) atoms. The molecule has 4 aromatic rings. The summed E-state index contributed by atoms with van der Waals surface area (Å²) in [5.74, 6) is 0.791. The predicted molar refractivity (Wildman–Crippen MR) is 125 cm³/mol. The highest BCUT2D eigenvalue weighted by Crippen LogP contribution is 2.20. The van der Waals surface area contributed by atoms with Crippen LogP contribution in [0.5, 0.6) is 5.75 Å². The molecule has 0 unspecified atom stereocenters. The number of benzene rings is 2. The Balaban J connectivity index is 1.31. The minimum Gasteiger partial charge on any atom is -0.486 e. The maximum Gasteiger partial charge on any atom is 0.291 e. The number of carbonyl (C=O) groups excluding carboxylic acids is 2. The van der Waals surface area contributed by atoms with Gasteiger partial charge in [-0.05, 0) is 79.6 Å². The van der Waals surface area contributed by atoms with Crippen LogP contribution in [0.25, 0.3) is 0 Å². The zero-order valence-corrected chi connectivity index (χ0v) is 18.6. The third-order valence-corrected chi connectivity index (χ3v) is 5.09. The minimum atomic E-state index is -0.377. The number of hydrogen-bond acceptors (Lipinski definition) is 5. The first-order chi connectivity index (χ1) is 15.9. The van der Waals surface area contributed by atoms with Crippen LogP contribution in [0.3, 0.4) is 0 Å². The van der Waals surface area contributed by atoms with Gasteiger partial charge < -0.3 is 19.8 Å². The molecule has 0 spiro atoms. The smallest absolute Gasteiger partial charge is 0.291 e. The van der Waals surface area contributed by atoms with E-state index < -0.39 is 0 Å². The second-order valence-corrected chi connectivity index (χ2v) is 7.66. The lowest BCUT2D eigenvalue weighted by Gasteiger charge is -2.07. The third-order valence-electron chi connectivity index (χ3n) is 5.09. The van der Waals surface area contributed by atoms with Gasteiger partial charge >= 0.3 is 0 Å². The summed E-state index contributed by atoms with van der Waals surface area (Å²) in [7, 11) is 1.74. The van der Waals surface area contributed by atoms with Crippen LogP contribution in [0.15, 0.2) is 71.3 Å². The highest BCUT2D eigenvalue weighted by atomic mass is 16.5. The summed E-state index contributed by atoms with van der Waals surface area (Å²) in [6, 6.07) is 17.6. The summed E-state index contributed by atoms with van der Waals surface area (Å²) in [6.07, 6.45) is 1.70. The van der Waals surface area contributed by atoms with Gasteiger partial charge in [-0.1, -0.05) is 6.07 Å². The van der Waals surface area contributed by atoms with Crippen molar-refractivity contribution in [1.82, 2.24) is 9.78 Å². The molecule has 0 bridgehead atoms. The normalized spacial score (nSPS) is 10.6. The maximum absolute atomic E-state index is 12.5. The van der Waals surface area contributed by atoms with Crippen molar-refractivity contribution in [2.75, 3.05) is 10.6 Å². The molecule has 8 heteroatoms. The van der Waals surface area contributed by atoms with E-state index in [1.165, 1.54) is 5.56 Å². The van der Waals surface area contributed by atoms with Crippen molar-refractivity contribution in [1.29, 1.82) is 0 Å². The van der Waals surface area contributed by atoms with Crippen molar-refractivity contribution in [3.63, 3.8) is 0 Å². The molecule has 0 aliphatic rings. The van der Waals surface area contributed by atoms with Crippen LogP contribution in [0.2, 0.25) is 0 Å². The molecule has 2 amide bonds. The average Bonchev–Trinajstić information content (AvgIpc) is 3.45. The van der Waals surface area contributed by atoms with Crippen molar-refractivity contribution < 1.29 is 18.7 Å². The zero-order chi connectivity index (χ0) is 23.4. The molecular formula is C25H24N4O4. The number of furan rings is 1. The first-order valence-electron chi connectivity index (χ1n) is 10.4. The van der Waals surface area contributed by atoms with Gasteiger partial charge in [0.25, 0.3) is 11.8 Å². The Morgan fingerprint density at radius 3 is 2.24 bits per heavy atom. The van der Waals surface area contributed by atoms with E-state index in [0.29, 0.717) is 22.8 Å². The summed E-state index contributed by atoms with van der Waals surface area (Å²) in [5, 5.41) is 9.60. The standard InChI is InChI=1S/C25H24N4O4/c1-16-4-9-20(14-17(16)2)32-15-21-10-11-23(33-21)25(31)27-19-7-5-18(6-8-19)26-24(30)22-12-13-29(3)28-22/h4-14H,15H2,1-3H3,(H,26,30)(H,27,31). The Bertz CT molecular complexity index is 1290. The van der Waals surface area contributed by atoms with Crippen molar-refractivity contribution in [2.24, 2.45) is 7.05 Å². The lowest BCUT2D eigenvalue weighted by molar-refractivity contribution is 0.0990. The van der Waals surface area contributed by atoms with Crippen LogP contribution < -0.4 is 15.4 Å². The van der Waals surface area contributed by atoms with Gasteiger partial charge in [0, 0.05) is 24.6 Å². The van der Waals surface area contributed by atoms with Gasteiger partial charge in [0.05, 0.1) is 0 Å². The van der Waals surface area contributed by atoms with Crippen molar-refractivity contribution in [3.8, 4) is 5.75 Å². The van der Waals surface area contributed by atoms with Crippen LogP contribution in [0.4, 0.5) is 11.4 Å². The lowest BCUT2D eigenvalue weighted by atomic mass is 10.1. The summed E-state index contributed by atoms with van der Waals surface area (Å²) < 4.78 is 12.9. The molecule has 0 aliphatic carbocycles. The second kappa shape index (κ2) is 9.44. The van der Waals surface area contributed by atoms with E-state index in [-0.39, 0.29) is 24.2 Å². The largest absolute Gasteiger partial charge is 0.486 e. The monoisotopic (exact) mass is 444 g/mol. The number of ether oxygens (including phenoxy) is 1. The molecule has 0 saturated heterocycles. The van der Waals surface area contributed by atoms with Crippen LogP contribution in [0, 0.1) is 13.8 Å². The third kappa shape index (κ3) is 5.48. The predicted octanol–water partition coefficient (Wildman–Crippen LogP) is 4.71. The molecular weight excluding hydrogens is 420 g/mol. The fourth-order valence-electron chi connectivity index (χ4n) is 3.10. The summed E-state index contributed by atoms with van der Waals surface area (Å²) in [4.78, 5) is 24.7. The fourth-order valence-corrected chi connectivity index (χ4v) is 3.10.